The van der Waals surface area contributed by atoms with Crippen LogP contribution in [-0.2, 0) is 22.7 Å². The van der Waals surface area contributed by atoms with Gasteiger partial charge in [-0.3, -0.25) is 15.0 Å². The number of carbonyl (C=O) groups is 2. The quantitative estimate of drug-likeness (QED) is 0.360. The van der Waals surface area contributed by atoms with Crippen LogP contribution in [0.1, 0.15) is 30.5 Å². The summed E-state index contributed by atoms with van der Waals surface area (Å²) in [5, 5.41) is 22.3. The van der Waals surface area contributed by atoms with Gasteiger partial charge >= 0.3 is 0 Å². The Labute approximate surface area is 169 Å². The minimum atomic E-state index is -0.833. The number of aliphatic carboxylic acids is 2. The lowest BCUT2D eigenvalue weighted by molar-refractivity contribution is -0.135. The zero-order valence-corrected chi connectivity index (χ0v) is 16.6. The number of benzene rings is 2. The third-order valence-electron chi connectivity index (χ3n) is 3.13. The average Bonchev–Trinajstić information content (AvgIpc) is 2.65. The molecule has 0 fully saturated rings. The van der Waals surface area contributed by atoms with Crippen molar-refractivity contribution >= 4 is 17.8 Å². The van der Waals surface area contributed by atoms with Gasteiger partial charge < -0.3 is 31.2 Å². The van der Waals surface area contributed by atoms with Gasteiger partial charge in [0, 0.05) is 26.0 Å². The zero-order valence-electron chi connectivity index (χ0n) is 16.6. The minimum Gasteiger partial charge on any atom is -0.493 e. The lowest BCUT2D eigenvalue weighted by Crippen LogP contribution is -2.11. The molecule has 0 saturated heterocycles. The van der Waals surface area contributed by atoms with Crippen LogP contribution < -0.4 is 20.9 Å². The Kier molecular flexibility index (Phi) is 11.9. The maximum atomic E-state index is 9.00. The van der Waals surface area contributed by atoms with E-state index in [0.29, 0.717) is 30.2 Å². The van der Waals surface area contributed by atoms with Gasteiger partial charge in [0.25, 0.3) is 11.9 Å². The molecule has 0 heterocycles. The van der Waals surface area contributed by atoms with E-state index in [-0.39, 0.29) is 5.84 Å². The van der Waals surface area contributed by atoms with Gasteiger partial charge in [-0.15, -0.1) is 0 Å². The number of nitrogen functional groups attached to an aromatic ring is 1. The molecule has 158 valence electrons. The molecule has 2 aromatic rings. The van der Waals surface area contributed by atoms with E-state index in [2.05, 4.69) is 0 Å². The largest absolute Gasteiger partial charge is 0.493 e. The van der Waals surface area contributed by atoms with E-state index < -0.39 is 11.9 Å². The van der Waals surface area contributed by atoms with Crippen molar-refractivity contribution in [1.82, 2.24) is 0 Å². The summed E-state index contributed by atoms with van der Waals surface area (Å²) in [6.45, 7) is 3.10. The number of hydrogen-bond donors (Lipinski definition) is 5. The van der Waals surface area contributed by atoms with Crippen LogP contribution in [0.25, 0.3) is 0 Å². The van der Waals surface area contributed by atoms with Crippen molar-refractivity contribution in [3.05, 3.63) is 59.2 Å². The molecule has 0 aliphatic heterocycles. The van der Waals surface area contributed by atoms with Crippen LogP contribution in [0, 0.1) is 5.41 Å². The Hall–Kier alpha value is -3.59. The van der Waals surface area contributed by atoms with Crippen LogP contribution in [-0.4, -0.2) is 35.1 Å². The lowest BCUT2D eigenvalue weighted by atomic mass is 10.1. The highest BCUT2D eigenvalue weighted by Crippen LogP contribution is 2.28. The second-order valence-electron chi connectivity index (χ2n) is 5.63. The summed E-state index contributed by atoms with van der Waals surface area (Å²) in [6, 6.07) is 13.1. The molecule has 0 spiro atoms. The zero-order chi connectivity index (χ0) is 22.4. The highest BCUT2D eigenvalue weighted by atomic mass is 16.5. The van der Waals surface area contributed by atoms with Gasteiger partial charge in [0.2, 0.25) is 0 Å². The molecule has 0 unspecified atom stereocenters. The van der Waals surface area contributed by atoms with Crippen molar-refractivity contribution in [2.45, 2.75) is 27.0 Å². The van der Waals surface area contributed by atoms with E-state index in [4.69, 9.17) is 46.2 Å². The summed E-state index contributed by atoms with van der Waals surface area (Å²) >= 11 is 0. The third kappa shape index (κ3) is 11.7. The fourth-order valence-electron chi connectivity index (χ4n) is 1.89. The van der Waals surface area contributed by atoms with E-state index in [9.17, 15) is 0 Å². The van der Waals surface area contributed by atoms with Crippen molar-refractivity contribution in [3.8, 4) is 11.5 Å². The number of methoxy groups -OCH3 is 1. The van der Waals surface area contributed by atoms with Crippen molar-refractivity contribution < 1.29 is 29.3 Å². The number of carboxylic acid groups (broad SMARTS) is 2. The SMILES string of the molecule is CC(=O)O.CC(=O)O.COc1ccc(C(=N)N)cc1OCc1ccc(CN)cc1. The van der Waals surface area contributed by atoms with Crippen LogP contribution in [0.15, 0.2) is 42.5 Å². The molecule has 0 aliphatic carbocycles. The van der Waals surface area contributed by atoms with Crippen LogP contribution in [0.4, 0.5) is 0 Å². The van der Waals surface area contributed by atoms with E-state index in [0.717, 1.165) is 25.0 Å². The summed E-state index contributed by atoms with van der Waals surface area (Å²) in [7, 11) is 1.58. The molecule has 0 aliphatic rings. The van der Waals surface area contributed by atoms with Crippen molar-refractivity contribution in [2.75, 3.05) is 7.11 Å². The number of hydrogen-bond acceptors (Lipinski definition) is 6. The normalized spacial score (nSPS) is 9.10. The predicted molar refractivity (Wildman–Crippen MR) is 109 cm³/mol. The fourth-order valence-corrected chi connectivity index (χ4v) is 1.89. The molecule has 0 radical (unpaired) electrons. The molecule has 0 amide bonds. The maximum absolute atomic E-state index is 9.00. The standard InChI is InChI=1S/C16H19N3O2.2C2H4O2/c1-20-14-7-6-13(16(18)19)8-15(14)21-10-12-4-2-11(9-17)3-5-12;2*1-2(3)4/h2-8H,9-10,17H2,1H3,(H3,18,19);2*1H3,(H,3,4). The Balaban J connectivity index is 0.000000837. The molecule has 0 saturated carbocycles. The third-order valence-corrected chi connectivity index (χ3v) is 3.13. The van der Waals surface area contributed by atoms with E-state index >= 15 is 0 Å². The first-order valence-corrected chi connectivity index (χ1v) is 8.42. The van der Waals surface area contributed by atoms with Crippen molar-refractivity contribution in [1.29, 1.82) is 5.41 Å². The Bertz CT molecular complexity index is 786. The van der Waals surface area contributed by atoms with Gasteiger partial charge in [-0.25, -0.2) is 0 Å². The van der Waals surface area contributed by atoms with Gasteiger partial charge in [-0.2, -0.15) is 0 Å². The first-order chi connectivity index (χ1) is 13.6. The molecule has 0 aromatic heterocycles. The summed E-state index contributed by atoms with van der Waals surface area (Å²) in [5.74, 6) is -0.499. The molecule has 29 heavy (non-hydrogen) atoms. The molecule has 2 rings (SSSR count). The monoisotopic (exact) mass is 405 g/mol. The van der Waals surface area contributed by atoms with Crippen LogP contribution in [0.5, 0.6) is 11.5 Å². The van der Waals surface area contributed by atoms with Crippen LogP contribution in [0.2, 0.25) is 0 Å². The number of carboxylic acids is 2. The van der Waals surface area contributed by atoms with Crippen molar-refractivity contribution in [3.63, 3.8) is 0 Å². The molecular formula is C20H27N3O6. The Morgan fingerprint density at radius 3 is 1.86 bits per heavy atom. The molecule has 0 bridgehead atoms. The summed E-state index contributed by atoms with van der Waals surface area (Å²) in [6.07, 6.45) is 0. The summed E-state index contributed by atoms with van der Waals surface area (Å²) in [4.78, 5) is 18.0. The Morgan fingerprint density at radius 2 is 1.45 bits per heavy atom. The van der Waals surface area contributed by atoms with E-state index in [1.54, 1.807) is 25.3 Å². The van der Waals surface area contributed by atoms with E-state index in [1.807, 2.05) is 24.3 Å². The van der Waals surface area contributed by atoms with Gasteiger partial charge in [-0.05, 0) is 29.3 Å². The average molecular weight is 405 g/mol. The first-order valence-electron chi connectivity index (χ1n) is 8.42. The topological polar surface area (TPSA) is 169 Å². The number of ether oxygens (including phenoxy) is 2. The Morgan fingerprint density at radius 1 is 0.966 bits per heavy atom. The second kappa shape index (κ2) is 13.6. The summed E-state index contributed by atoms with van der Waals surface area (Å²) < 4.78 is 11.0. The van der Waals surface area contributed by atoms with E-state index in [1.165, 1.54) is 0 Å². The lowest BCUT2D eigenvalue weighted by Gasteiger charge is -2.12. The maximum Gasteiger partial charge on any atom is 0.300 e. The smallest absolute Gasteiger partial charge is 0.300 e. The molecule has 2 aromatic carbocycles. The molecule has 0 atom stereocenters. The van der Waals surface area contributed by atoms with Gasteiger partial charge in [0.1, 0.15) is 12.4 Å². The second-order valence-corrected chi connectivity index (χ2v) is 5.63. The number of rotatable bonds is 6. The minimum absolute atomic E-state index is 0.00481. The molecule has 7 N–H and O–H groups in total. The summed E-state index contributed by atoms with van der Waals surface area (Å²) in [5.41, 5.74) is 13.8. The highest BCUT2D eigenvalue weighted by molar-refractivity contribution is 5.95. The molecular weight excluding hydrogens is 378 g/mol. The number of nitrogens with two attached hydrogens (primary N) is 2. The number of amidine groups is 1. The predicted octanol–water partition coefficient (Wildman–Crippen LogP) is 2.20. The molecule has 9 heteroatoms. The first kappa shape index (κ1) is 25.4. The van der Waals surface area contributed by atoms with Crippen molar-refractivity contribution in [2.24, 2.45) is 11.5 Å². The van der Waals surface area contributed by atoms with Gasteiger partial charge in [0.05, 0.1) is 7.11 Å². The number of nitrogens with one attached hydrogen (secondary N) is 1. The van der Waals surface area contributed by atoms with Crippen LogP contribution >= 0.6 is 0 Å². The highest BCUT2D eigenvalue weighted by Gasteiger charge is 2.08. The van der Waals surface area contributed by atoms with Crippen LogP contribution in [0.3, 0.4) is 0 Å². The fraction of sp³-hybridized carbons (Fsp3) is 0.250. The molecule has 9 nitrogen and oxygen atoms in total. The van der Waals surface area contributed by atoms with Gasteiger partial charge in [0.15, 0.2) is 11.5 Å². The van der Waals surface area contributed by atoms with Gasteiger partial charge in [-0.1, -0.05) is 24.3 Å².